The van der Waals surface area contributed by atoms with Crippen molar-refractivity contribution in [3.63, 3.8) is 0 Å². The van der Waals surface area contributed by atoms with Crippen molar-refractivity contribution in [2.75, 3.05) is 27.2 Å². The van der Waals surface area contributed by atoms with E-state index >= 15 is 0 Å². The van der Waals surface area contributed by atoms with E-state index < -0.39 is 11.0 Å². The molecule has 8 heteroatoms. The highest BCUT2D eigenvalue weighted by molar-refractivity contribution is 6.06. The fraction of sp³-hybridized carbons (Fsp3) is 0.364. The van der Waals surface area contributed by atoms with Gasteiger partial charge in [-0.1, -0.05) is 61.4 Å². The third-order valence-electron chi connectivity index (χ3n) is 9.22. The standard InChI is InChI=1S/C33H36N4O4/c1-35(2)30(39)27-20-37(29(38)18-25(27)23-10-4-3-5-11-23)22-33(41)16-17-36(21-32(33)14-8-9-15-32)31(40)26-19-34-28-13-7-6-12-24(26)28/h3-7,10-13,18-20,34,41H,8-9,14-17,21-22H2,1-2H3. The Kier molecular flexibility index (Phi) is 6.82. The quantitative estimate of drug-likeness (QED) is 0.380. The van der Waals surface area contributed by atoms with Crippen LogP contribution in [-0.4, -0.2) is 69.1 Å². The van der Waals surface area contributed by atoms with Crippen LogP contribution in [0.3, 0.4) is 0 Å². The largest absolute Gasteiger partial charge is 0.387 e. The average Bonchev–Trinajstić information content (AvgIpc) is 3.63. The summed E-state index contributed by atoms with van der Waals surface area (Å²) in [6.45, 7) is 0.892. The molecule has 1 aliphatic heterocycles. The number of nitrogens with zero attached hydrogens (tertiary/aromatic N) is 3. The molecule has 2 aromatic heterocycles. The lowest BCUT2D eigenvalue weighted by molar-refractivity contribution is -0.135. The Morgan fingerprint density at radius 3 is 2.41 bits per heavy atom. The summed E-state index contributed by atoms with van der Waals surface area (Å²) in [4.78, 5) is 47.0. The number of hydrogen-bond acceptors (Lipinski definition) is 4. The number of para-hydroxylation sites is 1. The van der Waals surface area contributed by atoms with Gasteiger partial charge in [0, 0.05) is 67.5 Å². The van der Waals surface area contributed by atoms with Gasteiger partial charge in [-0.25, -0.2) is 0 Å². The van der Waals surface area contributed by atoms with Crippen LogP contribution in [-0.2, 0) is 6.54 Å². The van der Waals surface area contributed by atoms with Crippen LogP contribution in [0.25, 0.3) is 22.0 Å². The Hall–Kier alpha value is -4.17. The number of amides is 2. The fourth-order valence-corrected chi connectivity index (χ4v) is 6.94. The van der Waals surface area contributed by atoms with Crippen LogP contribution >= 0.6 is 0 Å². The molecule has 2 aromatic carbocycles. The molecule has 1 spiro atoms. The van der Waals surface area contributed by atoms with E-state index in [1.807, 2.05) is 59.5 Å². The summed E-state index contributed by atoms with van der Waals surface area (Å²) in [6.07, 6.45) is 7.21. The molecule has 0 bridgehead atoms. The number of hydrogen-bond donors (Lipinski definition) is 2. The van der Waals surface area contributed by atoms with Crippen LogP contribution in [0.2, 0.25) is 0 Å². The molecule has 2 fully saturated rings. The third-order valence-corrected chi connectivity index (χ3v) is 9.22. The van der Waals surface area contributed by atoms with Crippen molar-refractivity contribution in [1.82, 2.24) is 19.4 Å². The zero-order valence-electron chi connectivity index (χ0n) is 23.6. The normalized spacial score (nSPS) is 20.0. The Morgan fingerprint density at radius 1 is 0.976 bits per heavy atom. The molecule has 1 saturated carbocycles. The van der Waals surface area contributed by atoms with Gasteiger partial charge < -0.3 is 24.5 Å². The highest BCUT2D eigenvalue weighted by Crippen LogP contribution is 2.52. The second kappa shape index (κ2) is 10.3. The van der Waals surface area contributed by atoms with E-state index in [1.165, 1.54) is 15.5 Å². The molecule has 212 valence electrons. The van der Waals surface area contributed by atoms with Gasteiger partial charge in [0.1, 0.15) is 0 Å². The number of aromatic amines is 1. The van der Waals surface area contributed by atoms with E-state index in [0.717, 1.165) is 42.1 Å². The molecule has 8 nitrogen and oxygen atoms in total. The maximum atomic E-state index is 13.7. The van der Waals surface area contributed by atoms with Crippen molar-refractivity contribution in [3.05, 3.63) is 94.5 Å². The van der Waals surface area contributed by atoms with Gasteiger partial charge in [0.05, 0.1) is 23.3 Å². The summed E-state index contributed by atoms with van der Waals surface area (Å²) >= 11 is 0. The predicted octanol–water partition coefficient (Wildman–Crippen LogP) is 4.54. The number of nitrogens with one attached hydrogen (secondary N) is 1. The molecule has 2 amide bonds. The maximum absolute atomic E-state index is 13.7. The molecule has 4 aromatic rings. The lowest BCUT2D eigenvalue weighted by Gasteiger charge is -2.52. The summed E-state index contributed by atoms with van der Waals surface area (Å²) in [6, 6.07) is 18.7. The predicted molar refractivity (Wildman–Crippen MR) is 159 cm³/mol. The summed E-state index contributed by atoms with van der Waals surface area (Å²) in [5.41, 5.74) is 1.34. The first-order chi connectivity index (χ1) is 19.7. The number of carbonyl (C=O) groups excluding carboxylic acids is 2. The van der Waals surface area contributed by atoms with Crippen molar-refractivity contribution >= 4 is 22.7 Å². The Bertz CT molecular complexity index is 1670. The minimum absolute atomic E-state index is 0.0426. The van der Waals surface area contributed by atoms with Crippen LogP contribution in [0, 0.1) is 5.41 Å². The number of fused-ring (bicyclic) bond motifs is 1. The number of likely N-dealkylation sites (tertiary alicyclic amines) is 1. The van der Waals surface area contributed by atoms with Crippen molar-refractivity contribution < 1.29 is 14.7 Å². The first-order valence-electron chi connectivity index (χ1n) is 14.3. The lowest BCUT2D eigenvalue weighted by Crippen LogP contribution is -2.62. The highest BCUT2D eigenvalue weighted by Gasteiger charge is 2.55. The SMILES string of the molecule is CN(C)C(=O)c1cn(CC2(O)CCN(C(=O)c3c[nH]c4ccccc34)CC23CCCC3)c(=O)cc1-c1ccccc1. The molecular formula is C33H36N4O4. The van der Waals surface area contributed by atoms with Crippen molar-refractivity contribution in [2.45, 2.75) is 44.2 Å². The molecular weight excluding hydrogens is 516 g/mol. The van der Waals surface area contributed by atoms with Crippen LogP contribution in [0.5, 0.6) is 0 Å². The first-order valence-corrected chi connectivity index (χ1v) is 14.3. The summed E-state index contributed by atoms with van der Waals surface area (Å²) in [7, 11) is 3.38. The van der Waals surface area contributed by atoms with Gasteiger partial charge in [-0.3, -0.25) is 14.4 Å². The minimum atomic E-state index is -1.20. The number of benzene rings is 2. The highest BCUT2D eigenvalue weighted by atomic mass is 16.3. The van der Waals surface area contributed by atoms with E-state index in [2.05, 4.69) is 4.98 Å². The van der Waals surface area contributed by atoms with Gasteiger partial charge in [-0.2, -0.15) is 0 Å². The summed E-state index contributed by atoms with van der Waals surface area (Å²) < 4.78 is 1.50. The number of rotatable bonds is 5. The average molecular weight is 553 g/mol. The molecule has 1 saturated heterocycles. The van der Waals surface area contributed by atoms with E-state index in [9.17, 15) is 19.5 Å². The lowest BCUT2D eigenvalue weighted by atomic mass is 9.65. The Morgan fingerprint density at radius 2 is 1.68 bits per heavy atom. The molecule has 2 aliphatic rings. The molecule has 3 heterocycles. The van der Waals surface area contributed by atoms with E-state index in [1.54, 1.807) is 26.5 Å². The number of aliphatic hydroxyl groups is 1. The topological polar surface area (TPSA) is 98.6 Å². The number of carbonyl (C=O) groups is 2. The smallest absolute Gasteiger partial charge is 0.256 e. The zero-order valence-corrected chi connectivity index (χ0v) is 23.6. The van der Waals surface area contributed by atoms with Crippen LogP contribution < -0.4 is 5.56 Å². The second-order valence-corrected chi connectivity index (χ2v) is 11.9. The number of piperidine rings is 1. The molecule has 41 heavy (non-hydrogen) atoms. The Labute approximate surface area is 239 Å². The third kappa shape index (κ3) is 4.66. The van der Waals surface area contributed by atoms with E-state index in [-0.39, 0.29) is 23.9 Å². The van der Waals surface area contributed by atoms with Gasteiger partial charge in [0.25, 0.3) is 17.4 Å². The summed E-state index contributed by atoms with van der Waals surface area (Å²) in [5, 5.41) is 13.2. The van der Waals surface area contributed by atoms with Crippen LogP contribution in [0.4, 0.5) is 0 Å². The minimum Gasteiger partial charge on any atom is -0.387 e. The zero-order chi connectivity index (χ0) is 28.8. The van der Waals surface area contributed by atoms with Crippen LogP contribution in [0.1, 0.15) is 52.8 Å². The fourth-order valence-electron chi connectivity index (χ4n) is 6.94. The number of aromatic nitrogens is 2. The van der Waals surface area contributed by atoms with Crippen LogP contribution in [0.15, 0.2) is 77.9 Å². The van der Waals surface area contributed by atoms with Gasteiger partial charge >= 0.3 is 0 Å². The van der Waals surface area contributed by atoms with Crippen molar-refractivity contribution in [3.8, 4) is 11.1 Å². The molecule has 0 radical (unpaired) electrons. The molecule has 6 rings (SSSR count). The first kappa shape index (κ1) is 27.0. The van der Waals surface area contributed by atoms with E-state index in [0.29, 0.717) is 36.2 Å². The molecule has 1 atom stereocenters. The molecule has 1 unspecified atom stereocenters. The van der Waals surface area contributed by atoms with Gasteiger partial charge in [0.2, 0.25) is 0 Å². The summed E-state index contributed by atoms with van der Waals surface area (Å²) in [5.74, 6) is -0.252. The maximum Gasteiger partial charge on any atom is 0.256 e. The van der Waals surface area contributed by atoms with Crippen molar-refractivity contribution in [1.29, 1.82) is 0 Å². The number of H-pyrrole nitrogens is 1. The monoisotopic (exact) mass is 552 g/mol. The molecule has 1 aliphatic carbocycles. The molecule has 2 N–H and O–H groups in total. The van der Waals surface area contributed by atoms with Gasteiger partial charge in [0.15, 0.2) is 0 Å². The second-order valence-electron chi connectivity index (χ2n) is 11.9. The van der Waals surface area contributed by atoms with Crippen molar-refractivity contribution in [2.24, 2.45) is 5.41 Å². The number of pyridine rings is 1. The van der Waals surface area contributed by atoms with E-state index in [4.69, 9.17) is 0 Å². The van der Waals surface area contributed by atoms with Gasteiger partial charge in [-0.15, -0.1) is 0 Å². The van der Waals surface area contributed by atoms with Gasteiger partial charge in [-0.05, 0) is 30.9 Å². The Balaban J connectivity index is 1.34.